The summed E-state index contributed by atoms with van der Waals surface area (Å²) in [5.74, 6) is 0. The summed E-state index contributed by atoms with van der Waals surface area (Å²) in [5.41, 5.74) is -0.716. The molecule has 1 fully saturated rings. The molecule has 2 aromatic rings. The molecule has 0 saturated carbocycles. The maximum absolute atomic E-state index is 13.4. The molecule has 1 saturated heterocycles. The third kappa shape index (κ3) is 5.48. The van der Waals surface area contributed by atoms with Crippen LogP contribution in [0.15, 0.2) is 48.5 Å². The number of nitro benzene ring substituents is 1. The van der Waals surface area contributed by atoms with Gasteiger partial charge in [0, 0.05) is 37.0 Å². The molecule has 0 amide bonds. The number of nitrogens with zero attached hydrogens (tertiary/aromatic N) is 2. The Morgan fingerprint density at radius 2 is 1.83 bits per heavy atom. The predicted octanol–water partition coefficient (Wildman–Crippen LogP) is 4.30. The summed E-state index contributed by atoms with van der Waals surface area (Å²) in [4.78, 5) is 11.7. The highest BCUT2D eigenvalue weighted by Crippen LogP contribution is 2.39. The first-order valence-corrected chi connectivity index (χ1v) is 9.82. The smallest absolute Gasteiger partial charge is 0.388 e. The van der Waals surface area contributed by atoms with E-state index in [9.17, 15) is 28.4 Å². The van der Waals surface area contributed by atoms with Gasteiger partial charge in [0.1, 0.15) is 0 Å². The van der Waals surface area contributed by atoms with E-state index < -0.39 is 28.5 Å². The summed E-state index contributed by atoms with van der Waals surface area (Å²) < 4.78 is 40.3. The average Bonchev–Trinajstić information content (AvgIpc) is 2.73. The minimum atomic E-state index is -4.66. The maximum Gasteiger partial charge on any atom is 0.418 e. The standard InChI is InChI=1S/C21H24F3N3O3/c22-21(23,24)18-14-17(27(29)30)6-7-19(18)26-12-9-16(10-13-26)25-11-8-20(28)15-4-2-1-3-5-15/h1-7,14,16,20,25,28H,8-13H2. The van der Waals surface area contributed by atoms with E-state index in [1.165, 1.54) is 6.07 Å². The normalized spacial score (nSPS) is 16.5. The van der Waals surface area contributed by atoms with Crippen LogP contribution in [0.5, 0.6) is 0 Å². The third-order valence-electron chi connectivity index (χ3n) is 5.37. The largest absolute Gasteiger partial charge is 0.418 e. The van der Waals surface area contributed by atoms with Gasteiger partial charge in [0.05, 0.1) is 16.6 Å². The molecule has 1 heterocycles. The van der Waals surface area contributed by atoms with Crippen LogP contribution in [0.3, 0.4) is 0 Å². The lowest BCUT2D eigenvalue weighted by atomic mass is 10.0. The van der Waals surface area contributed by atoms with Crippen LogP contribution in [0.1, 0.15) is 36.5 Å². The molecular formula is C21H24F3N3O3. The molecule has 6 nitrogen and oxygen atoms in total. The number of benzene rings is 2. The van der Waals surface area contributed by atoms with Gasteiger partial charge in [-0.25, -0.2) is 0 Å². The van der Waals surface area contributed by atoms with Gasteiger partial charge in [-0.05, 0) is 37.4 Å². The van der Waals surface area contributed by atoms with Crippen molar-refractivity contribution in [3.8, 4) is 0 Å². The first-order valence-electron chi connectivity index (χ1n) is 9.82. The number of hydrogen-bond donors (Lipinski definition) is 2. The zero-order chi connectivity index (χ0) is 21.7. The van der Waals surface area contributed by atoms with Crippen molar-refractivity contribution < 1.29 is 23.2 Å². The summed E-state index contributed by atoms with van der Waals surface area (Å²) >= 11 is 0. The maximum atomic E-state index is 13.4. The number of nitrogens with one attached hydrogen (secondary N) is 1. The molecule has 162 valence electrons. The van der Waals surface area contributed by atoms with Gasteiger partial charge in [-0.1, -0.05) is 30.3 Å². The van der Waals surface area contributed by atoms with E-state index >= 15 is 0 Å². The summed E-state index contributed by atoms with van der Waals surface area (Å²) in [5, 5.41) is 24.4. The van der Waals surface area contributed by atoms with E-state index in [0.717, 1.165) is 11.6 Å². The van der Waals surface area contributed by atoms with E-state index in [1.807, 2.05) is 30.3 Å². The highest BCUT2D eigenvalue weighted by molar-refractivity contribution is 5.59. The Morgan fingerprint density at radius 1 is 1.17 bits per heavy atom. The summed E-state index contributed by atoms with van der Waals surface area (Å²) in [6, 6.07) is 12.4. The fraction of sp³-hybridized carbons (Fsp3) is 0.429. The number of piperidine rings is 1. The van der Waals surface area contributed by atoms with E-state index in [4.69, 9.17) is 0 Å². The lowest BCUT2D eigenvalue weighted by Gasteiger charge is -2.35. The van der Waals surface area contributed by atoms with Crippen molar-refractivity contribution in [1.82, 2.24) is 5.32 Å². The fourth-order valence-corrected chi connectivity index (χ4v) is 3.73. The second kappa shape index (κ2) is 9.44. The van der Waals surface area contributed by atoms with Crippen LogP contribution in [-0.4, -0.2) is 35.7 Å². The molecule has 9 heteroatoms. The van der Waals surface area contributed by atoms with Crippen LogP contribution in [0, 0.1) is 10.1 Å². The highest BCUT2D eigenvalue weighted by atomic mass is 19.4. The summed E-state index contributed by atoms with van der Waals surface area (Å²) in [7, 11) is 0. The molecule has 1 unspecified atom stereocenters. The van der Waals surface area contributed by atoms with Crippen molar-refractivity contribution in [3.63, 3.8) is 0 Å². The van der Waals surface area contributed by atoms with Crippen LogP contribution in [-0.2, 0) is 6.18 Å². The number of anilines is 1. The molecule has 30 heavy (non-hydrogen) atoms. The fourth-order valence-electron chi connectivity index (χ4n) is 3.73. The first kappa shape index (κ1) is 22.0. The van der Waals surface area contributed by atoms with Crippen LogP contribution >= 0.6 is 0 Å². The molecule has 1 atom stereocenters. The van der Waals surface area contributed by atoms with Gasteiger partial charge in [0.15, 0.2) is 0 Å². The summed E-state index contributed by atoms with van der Waals surface area (Å²) in [6.45, 7) is 1.44. The molecule has 0 bridgehead atoms. The van der Waals surface area contributed by atoms with Crippen molar-refractivity contribution in [3.05, 3.63) is 69.8 Å². The van der Waals surface area contributed by atoms with Crippen molar-refractivity contribution in [2.75, 3.05) is 24.5 Å². The van der Waals surface area contributed by atoms with Crippen molar-refractivity contribution >= 4 is 11.4 Å². The van der Waals surface area contributed by atoms with Crippen molar-refractivity contribution in [1.29, 1.82) is 0 Å². The Hall–Kier alpha value is -2.65. The number of alkyl halides is 3. The van der Waals surface area contributed by atoms with Crippen molar-refractivity contribution in [2.24, 2.45) is 0 Å². The number of aliphatic hydroxyl groups is 1. The highest BCUT2D eigenvalue weighted by Gasteiger charge is 2.37. The minimum Gasteiger partial charge on any atom is -0.388 e. The topological polar surface area (TPSA) is 78.6 Å². The molecule has 2 aromatic carbocycles. The van der Waals surface area contributed by atoms with Crippen LogP contribution in [0.4, 0.5) is 24.5 Å². The van der Waals surface area contributed by atoms with Crippen LogP contribution < -0.4 is 10.2 Å². The molecule has 1 aliphatic heterocycles. The molecule has 1 aliphatic rings. The molecule has 0 radical (unpaired) electrons. The molecular weight excluding hydrogens is 399 g/mol. The third-order valence-corrected chi connectivity index (χ3v) is 5.37. The Balaban J connectivity index is 1.55. The number of hydrogen-bond acceptors (Lipinski definition) is 5. The Bertz CT molecular complexity index is 854. The molecule has 0 spiro atoms. The zero-order valence-corrected chi connectivity index (χ0v) is 16.3. The van der Waals surface area contributed by atoms with E-state index in [0.29, 0.717) is 45.0 Å². The molecule has 2 N–H and O–H groups in total. The minimum absolute atomic E-state index is 0.0222. The SMILES string of the molecule is O=[N+]([O-])c1ccc(N2CCC(NCCC(O)c3ccccc3)CC2)c(C(F)(F)F)c1. The van der Waals surface area contributed by atoms with Gasteiger partial charge in [-0.3, -0.25) is 10.1 Å². The lowest BCUT2D eigenvalue weighted by molar-refractivity contribution is -0.385. The second-order valence-electron chi connectivity index (χ2n) is 7.39. The van der Waals surface area contributed by atoms with Gasteiger partial charge in [-0.15, -0.1) is 0 Å². The number of halogens is 3. The Morgan fingerprint density at radius 3 is 2.43 bits per heavy atom. The van der Waals surface area contributed by atoms with Gasteiger partial charge in [0.2, 0.25) is 0 Å². The number of aliphatic hydroxyl groups excluding tert-OH is 1. The van der Waals surface area contributed by atoms with Gasteiger partial charge in [0.25, 0.3) is 5.69 Å². The van der Waals surface area contributed by atoms with Crippen molar-refractivity contribution in [2.45, 2.75) is 37.6 Å². The van der Waals surface area contributed by atoms with E-state index in [1.54, 1.807) is 4.90 Å². The van der Waals surface area contributed by atoms with E-state index in [-0.39, 0.29) is 11.7 Å². The quantitative estimate of drug-likeness (QED) is 0.513. The van der Waals surface area contributed by atoms with Crippen LogP contribution in [0.2, 0.25) is 0 Å². The summed E-state index contributed by atoms with van der Waals surface area (Å²) in [6.07, 6.45) is -3.38. The van der Waals surface area contributed by atoms with Gasteiger partial charge < -0.3 is 15.3 Å². The van der Waals surface area contributed by atoms with Gasteiger partial charge in [-0.2, -0.15) is 13.2 Å². The average molecular weight is 423 g/mol. The molecule has 0 aliphatic carbocycles. The zero-order valence-electron chi connectivity index (χ0n) is 16.3. The monoisotopic (exact) mass is 423 g/mol. The lowest BCUT2D eigenvalue weighted by Crippen LogP contribution is -2.43. The van der Waals surface area contributed by atoms with E-state index in [2.05, 4.69) is 5.32 Å². The number of nitro groups is 1. The second-order valence-corrected chi connectivity index (χ2v) is 7.39. The predicted molar refractivity (Wildman–Crippen MR) is 107 cm³/mol. The Labute approximate surface area is 172 Å². The van der Waals surface area contributed by atoms with Gasteiger partial charge >= 0.3 is 6.18 Å². The molecule has 0 aromatic heterocycles. The molecule has 3 rings (SSSR count). The first-order chi connectivity index (χ1) is 14.3. The number of non-ortho nitro benzene ring substituents is 1. The van der Waals surface area contributed by atoms with Crippen LogP contribution in [0.25, 0.3) is 0 Å². The number of rotatable bonds is 7. The Kier molecular flexibility index (Phi) is 6.94.